The van der Waals surface area contributed by atoms with E-state index in [0.29, 0.717) is 11.1 Å². The average molecular weight is 245 g/mol. The normalized spacial score (nSPS) is 12.5. The van der Waals surface area contributed by atoms with Crippen molar-refractivity contribution in [3.63, 3.8) is 0 Å². The van der Waals surface area contributed by atoms with Gasteiger partial charge in [-0.2, -0.15) is 5.10 Å². The highest BCUT2D eigenvalue weighted by molar-refractivity contribution is 6.30. The van der Waals surface area contributed by atoms with Crippen LogP contribution in [0.2, 0.25) is 5.15 Å². The first-order chi connectivity index (χ1) is 7.27. The molecule has 92 valence electrons. The number of aliphatic hydroxyl groups excluding tert-OH is 1. The van der Waals surface area contributed by atoms with Crippen LogP contribution in [0.15, 0.2) is 0 Å². The Hall–Kier alpha value is -0.540. The molecule has 0 aromatic carbocycles. The zero-order valence-electron chi connectivity index (χ0n) is 10.7. The minimum Gasteiger partial charge on any atom is -0.391 e. The van der Waals surface area contributed by atoms with Crippen LogP contribution in [-0.2, 0) is 18.6 Å². The second-order valence-electron chi connectivity index (χ2n) is 5.55. The average Bonchev–Trinajstić information content (AvgIpc) is 2.40. The monoisotopic (exact) mass is 244 g/mol. The van der Waals surface area contributed by atoms with Gasteiger partial charge in [0.25, 0.3) is 0 Å². The van der Waals surface area contributed by atoms with Crippen molar-refractivity contribution in [3.05, 3.63) is 16.4 Å². The summed E-state index contributed by atoms with van der Waals surface area (Å²) in [6.45, 7) is 10.4. The van der Waals surface area contributed by atoms with Gasteiger partial charge in [-0.15, -0.1) is 0 Å². The smallest absolute Gasteiger partial charge is 0.133 e. The summed E-state index contributed by atoms with van der Waals surface area (Å²) in [4.78, 5) is 0. The van der Waals surface area contributed by atoms with Crippen LogP contribution in [0.5, 0.6) is 0 Å². The molecular weight excluding hydrogens is 224 g/mol. The van der Waals surface area contributed by atoms with Crippen molar-refractivity contribution in [3.8, 4) is 0 Å². The van der Waals surface area contributed by atoms with Crippen LogP contribution in [0, 0.1) is 5.92 Å². The van der Waals surface area contributed by atoms with Crippen LogP contribution >= 0.6 is 11.6 Å². The largest absolute Gasteiger partial charge is 0.391 e. The molecule has 4 heteroatoms. The second kappa shape index (κ2) is 4.76. The SMILES string of the molecule is CC(C)Cc1nn(C(C)(C)C)c(Cl)c1CO. The molecule has 1 aromatic rings. The molecule has 0 aliphatic heterocycles. The van der Waals surface area contributed by atoms with Crippen LogP contribution in [0.4, 0.5) is 0 Å². The van der Waals surface area contributed by atoms with Crippen LogP contribution < -0.4 is 0 Å². The fourth-order valence-electron chi connectivity index (χ4n) is 1.62. The first-order valence-corrected chi connectivity index (χ1v) is 6.02. The lowest BCUT2D eigenvalue weighted by Gasteiger charge is -2.20. The van der Waals surface area contributed by atoms with Gasteiger partial charge in [0.1, 0.15) is 5.15 Å². The number of hydrogen-bond acceptors (Lipinski definition) is 2. The fraction of sp³-hybridized carbons (Fsp3) is 0.750. The molecule has 3 nitrogen and oxygen atoms in total. The molecule has 16 heavy (non-hydrogen) atoms. The van der Waals surface area contributed by atoms with Crippen molar-refractivity contribution in [2.45, 2.75) is 53.2 Å². The van der Waals surface area contributed by atoms with E-state index in [0.717, 1.165) is 17.7 Å². The van der Waals surface area contributed by atoms with Gasteiger partial charge in [0, 0.05) is 5.56 Å². The summed E-state index contributed by atoms with van der Waals surface area (Å²) >= 11 is 6.24. The minimum absolute atomic E-state index is 0.0447. The predicted octanol–water partition coefficient (Wildman–Crippen LogP) is 2.98. The van der Waals surface area contributed by atoms with Crippen molar-refractivity contribution in [2.75, 3.05) is 0 Å². The van der Waals surface area contributed by atoms with Gasteiger partial charge < -0.3 is 5.11 Å². The molecule has 0 saturated carbocycles. The Morgan fingerprint density at radius 3 is 2.31 bits per heavy atom. The maximum Gasteiger partial charge on any atom is 0.133 e. The zero-order valence-corrected chi connectivity index (χ0v) is 11.5. The summed E-state index contributed by atoms with van der Waals surface area (Å²) in [5.41, 5.74) is 1.53. The molecule has 0 radical (unpaired) electrons. The van der Waals surface area contributed by atoms with E-state index < -0.39 is 0 Å². The van der Waals surface area contributed by atoms with Gasteiger partial charge in [-0.05, 0) is 33.1 Å². The van der Waals surface area contributed by atoms with Gasteiger partial charge in [-0.3, -0.25) is 0 Å². The van der Waals surface area contributed by atoms with Gasteiger partial charge >= 0.3 is 0 Å². The van der Waals surface area contributed by atoms with E-state index in [1.807, 2.05) is 20.8 Å². The third-order valence-corrected chi connectivity index (χ3v) is 2.79. The van der Waals surface area contributed by atoms with Gasteiger partial charge in [0.15, 0.2) is 0 Å². The minimum atomic E-state index is -0.157. The van der Waals surface area contributed by atoms with Crippen molar-refractivity contribution in [1.82, 2.24) is 9.78 Å². The van der Waals surface area contributed by atoms with E-state index in [4.69, 9.17) is 11.6 Å². The maximum atomic E-state index is 9.35. The molecule has 0 spiro atoms. The van der Waals surface area contributed by atoms with Gasteiger partial charge in [0.05, 0.1) is 17.8 Å². The Morgan fingerprint density at radius 2 is 1.94 bits per heavy atom. The molecule has 0 aliphatic carbocycles. The standard InChI is InChI=1S/C12H21ClN2O/c1-8(2)6-10-9(7-16)11(13)15(14-10)12(3,4)5/h8,16H,6-7H2,1-5H3. The summed E-state index contributed by atoms with van der Waals surface area (Å²) in [5, 5.41) is 14.4. The molecule has 1 heterocycles. The predicted molar refractivity (Wildman–Crippen MR) is 66.7 cm³/mol. The molecule has 1 aromatic heterocycles. The van der Waals surface area contributed by atoms with Gasteiger partial charge in [-0.1, -0.05) is 25.4 Å². The van der Waals surface area contributed by atoms with Gasteiger partial charge in [-0.25, -0.2) is 4.68 Å². The Balaban J connectivity index is 3.20. The lowest BCUT2D eigenvalue weighted by atomic mass is 10.1. The number of aromatic nitrogens is 2. The van der Waals surface area contributed by atoms with Crippen LogP contribution in [0.3, 0.4) is 0 Å². The van der Waals surface area contributed by atoms with E-state index in [9.17, 15) is 5.11 Å². The summed E-state index contributed by atoms with van der Waals surface area (Å²) < 4.78 is 1.79. The number of hydrogen-bond donors (Lipinski definition) is 1. The van der Waals surface area contributed by atoms with E-state index >= 15 is 0 Å². The molecular formula is C12H21ClN2O. The molecule has 1 N–H and O–H groups in total. The summed E-state index contributed by atoms with van der Waals surface area (Å²) in [7, 11) is 0. The first kappa shape index (κ1) is 13.5. The van der Waals surface area contributed by atoms with E-state index in [1.165, 1.54) is 0 Å². The van der Waals surface area contributed by atoms with Crippen molar-refractivity contribution in [1.29, 1.82) is 0 Å². The third-order valence-electron chi connectivity index (χ3n) is 2.40. The lowest BCUT2D eigenvalue weighted by molar-refractivity contribution is 0.279. The highest BCUT2D eigenvalue weighted by Gasteiger charge is 2.23. The number of nitrogens with zero attached hydrogens (tertiary/aromatic N) is 2. The zero-order chi connectivity index (χ0) is 12.5. The molecule has 0 atom stereocenters. The van der Waals surface area contributed by atoms with Crippen molar-refractivity contribution in [2.24, 2.45) is 5.92 Å². The molecule has 0 unspecified atom stereocenters. The van der Waals surface area contributed by atoms with Crippen molar-refractivity contribution >= 4 is 11.6 Å². The van der Waals surface area contributed by atoms with E-state index in [-0.39, 0.29) is 12.1 Å². The quantitative estimate of drug-likeness (QED) is 0.888. The van der Waals surface area contributed by atoms with Crippen LogP contribution in [-0.4, -0.2) is 14.9 Å². The topological polar surface area (TPSA) is 38.0 Å². The first-order valence-electron chi connectivity index (χ1n) is 5.65. The fourth-order valence-corrected chi connectivity index (χ4v) is 2.08. The molecule has 1 rings (SSSR count). The Kier molecular flexibility index (Phi) is 4.02. The summed E-state index contributed by atoms with van der Waals surface area (Å²) in [6.07, 6.45) is 0.846. The summed E-state index contributed by atoms with van der Waals surface area (Å²) in [5.74, 6) is 0.504. The lowest BCUT2D eigenvalue weighted by Crippen LogP contribution is -2.23. The Labute approximate surface area is 102 Å². The maximum absolute atomic E-state index is 9.35. The van der Waals surface area contributed by atoms with E-state index in [2.05, 4.69) is 18.9 Å². The van der Waals surface area contributed by atoms with Gasteiger partial charge in [0.2, 0.25) is 0 Å². The second-order valence-corrected chi connectivity index (χ2v) is 5.91. The van der Waals surface area contributed by atoms with E-state index in [1.54, 1.807) is 4.68 Å². The number of aliphatic hydroxyl groups is 1. The van der Waals surface area contributed by atoms with Crippen LogP contribution in [0.25, 0.3) is 0 Å². The number of halogens is 1. The molecule has 0 aliphatic rings. The van der Waals surface area contributed by atoms with Crippen molar-refractivity contribution < 1.29 is 5.11 Å². The van der Waals surface area contributed by atoms with Crippen LogP contribution in [0.1, 0.15) is 45.9 Å². The highest BCUT2D eigenvalue weighted by atomic mass is 35.5. The molecule has 0 fully saturated rings. The third kappa shape index (κ3) is 2.77. The Bertz CT molecular complexity index is 364. The molecule has 0 bridgehead atoms. The molecule has 0 saturated heterocycles. The highest BCUT2D eigenvalue weighted by Crippen LogP contribution is 2.27. The number of rotatable bonds is 3. The summed E-state index contributed by atoms with van der Waals surface area (Å²) in [6, 6.07) is 0. The molecule has 0 amide bonds. The Morgan fingerprint density at radius 1 is 1.38 bits per heavy atom.